The maximum atomic E-state index is 5.73. The molecule has 0 aromatic rings. The van der Waals surface area contributed by atoms with Crippen molar-refractivity contribution in [1.82, 2.24) is 5.32 Å². The third-order valence-corrected chi connectivity index (χ3v) is 2.17. The molecule has 0 aromatic carbocycles. The van der Waals surface area contributed by atoms with Crippen molar-refractivity contribution < 1.29 is 9.47 Å². The Kier molecular flexibility index (Phi) is 5.05. The molecule has 0 bridgehead atoms. The molecule has 1 N–H and O–H groups in total. The molecule has 0 aromatic heterocycles. The largest absolute Gasteiger partial charge is 0.375 e. The van der Waals surface area contributed by atoms with Gasteiger partial charge in [0.1, 0.15) is 0 Å². The molecule has 3 heteroatoms. The predicted octanol–water partition coefficient (Wildman–Crippen LogP) is 0.956. The van der Waals surface area contributed by atoms with E-state index in [1.54, 1.807) is 6.08 Å². The summed E-state index contributed by atoms with van der Waals surface area (Å²) < 4.78 is 11.1. The van der Waals surface area contributed by atoms with Gasteiger partial charge in [-0.2, -0.15) is 0 Å². The number of ether oxygens (including phenoxy) is 2. The van der Waals surface area contributed by atoms with E-state index in [0.717, 1.165) is 19.4 Å². The molecule has 2 unspecified atom stereocenters. The quantitative estimate of drug-likeness (QED) is 0.494. The second-order valence-electron chi connectivity index (χ2n) is 3.34. The Morgan fingerprint density at radius 1 is 1.54 bits per heavy atom. The zero-order chi connectivity index (χ0) is 9.52. The fourth-order valence-corrected chi connectivity index (χ4v) is 1.56. The monoisotopic (exact) mass is 185 g/mol. The molecule has 1 aliphatic rings. The summed E-state index contributed by atoms with van der Waals surface area (Å²) in [5, 5.41) is 3.12. The van der Waals surface area contributed by atoms with E-state index in [1.807, 2.05) is 7.05 Å². The molecule has 0 spiro atoms. The first kappa shape index (κ1) is 10.7. The van der Waals surface area contributed by atoms with Crippen molar-refractivity contribution in [1.29, 1.82) is 0 Å². The first-order valence-corrected chi connectivity index (χ1v) is 4.85. The van der Waals surface area contributed by atoms with Gasteiger partial charge in [-0.15, -0.1) is 6.58 Å². The minimum absolute atomic E-state index is 0.290. The van der Waals surface area contributed by atoms with E-state index in [2.05, 4.69) is 11.9 Å². The van der Waals surface area contributed by atoms with Crippen LogP contribution < -0.4 is 5.32 Å². The van der Waals surface area contributed by atoms with Gasteiger partial charge in [-0.25, -0.2) is 0 Å². The van der Waals surface area contributed by atoms with Gasteiger partial charge in [0.15, 0.2) is 0 Å². The topological polar surface area (TPSA) is 30.5 Å². The van der Waals surface area contributed by atoms with Gasteiger partial charge in [0.2, 0.25) is 0 Å². The molecule has 0 saturated carbocycles. The van der Waals surface area contributed by atoms with Crippen LogP contribution in [0.25, 0.3) is 0 Å². The lowest BCUT2D eigenvalue weighted by Gasteiger charge is -2.12. The van der Waals surface area contributed by atoms with Crippen LogP contribution in [0.2, 0.25) is 0 Å². The Morgan fingerprint density at radius 2 is 2.31 bits per heavy atom. The lowest BCUT2D eigenvalue weighted by molar-refractivity contribution is -0.00750. The Hall–Kier alpha value is -0.380. The van der Waals surface area contributed by atoms with Gasteiger partial charge >= 0.3 is 0 Å². The summed E-state index contributed by atoms with van der Waals surface area (Å²) in [6.07, 6.45) is 4.69. The maximum absolute atomic E-state index is 5.73. The standard InChI is InChI=1S/C10H19NO2/c1-3-6-12-8-10-5-4-9(13-10)7-11-2/h3,9-11H,1,4-8H2,2H3. The summed E-state index contributed by atoms with van der Waals surface area (Å²) >= 11 is 0. The van der Waals surface area contributed by atoms with Crippen molar-refractivity contribution in [2.75, 3.05) is 26.8 Å². The SMILES string of the molecule is C=CCOCC1CCC(CNC)O1. The van der Waals surface area contributed by atoms with Crippen LogP contribution in [0.3, 0.4) is 0 Å². The molecule has 0 amide bonds. The van der Waals surface area contributed by atoms with E-state index in [-0.39, 0.29) is 0 Å². The molecule has 1 saturated heterocycles. The molecule has 1 fully saturated rings. The van der Waals surface area contributed by atoms with Gasteiger partial charge < -0.3 is 14.8 Å². The molecule has 13 heavy (non-hydrogen) atoms. The second kappa shape index (κ2) is 6.13. The van der Waals surface area contributed by atoms with E-state index in [9.17, 15) is 0 Å². The second-order valence-corrected chi connectivity index (χ2v) is 3.34. The molecular weight excluding hydrogens is 166 g/mol. The van der Waals surface area contributed by atoms with Crippen molar-refractivity contribution in [2.45, 2.75) is 25.0 Å². The van der Waals surface area contributed by atoms with Crippen molar-refractivity contribution in [2.24, 2.45) is 0 Å². The fourth-order valence-electron chi connectivity index (χ4n) is 1.56. The Labute approximate surface area is 80.1 Å². The molecular formula is C10H19NO2. The Balaban J connectivity index is 2.06. The predicted molar refractivity (Wildman–Crippen MR) is 52.8 cm³/mol. The first-order chi connectivity index (χ1) is 6.36. The summed E-state index contributed by atoms with van der Waals surface area (Å²) in [5.74, 6) is 0. The lowest BCUT2D eigenvalue weighted by atomic mass is 10.2. The van der Waals surface area contributed by atoms with E-state index >= 15 is 0 Å². The summed E-state index contributed by atoms with van der Waals surface area (Å²) in [6, 6.07) is 0. The lowest BCUT2D eigenvalue weighted by Crippen LogP contribution is -2.25. The van der Waals surface area contributed by atoms with Crippen LogP contribution in [0.15, 0.2) is 12.7 Å². The Bertz CT molecular complexity index is 150. The number of nitrogens with one attached hydrogen (secondary N) is 1. The summed E-state index contributed by atoms with van der Waals surface area (Å²) in [6.45, 7) is 5.86. The molecule has 1 heterocycles. The summed E-state index contributed by atoms with van der Waals surface area (Å²) in [4.78, 5) is 0. The van der Waals surface area contributed by atoms with E-state index in [1.165, 1.54) is 0 Å². The highest BCUT2D eigenvalue weighted by Crippen LogP contribution is 2.19. The molecule has 1 rings (SSSR count). The summed E-state index contributed by atoms with van der Waals surface area (Å²) in [5.41, 5.74) is 0. The minimum atomic E-state index is 0.290. The van der Waals surface area contributed by atoms with Gasteiger partial charge in [0.25, 0.3) is 0 Å². The molecule has 76 valence electrons. The van der Waals surface area contributed by atoms with Crippen LogP contribution in [-0.2, 0) is 9.47 Å². The van der Waals surface area contributed by atoms with E-state index in [4.69, 9.17) is 9.47 Å². The van der Waals surface area contributed by atoms with E-state index in [0.29, 0.717) is 25.4 Å². The van der Waals surface area contributed by atoms with Gasteiger partial charge in [0.05, 0.1) is 25.4 Å². The van der Waals surface area contributed by atoms with Gasteiger partial charge in [-0.05, 0) is 19.9 Å². The average Bonchev–Trinajstić information content (AvgIpc) is 2.54. The smallest absolute Gasteiger partial charge is 0.0814 e. The number of hydrogen-bond donors (Lipinski definition) is 1. The molecule has 1 aliphatic heterocycles. The first-order valence-electron chi connectivity index (χ1n) is 4.85. The van der Waals surface area contributed by atoms with E-state index < -0.39 is 0 Å². The normalized spacial score (nSPS) is 27.8. The van der Waals surface area contributed by atoms with Gasteiger partial charge in [-0.1, -0.05) is 6.08 Å². The third kappa shape index (κ3) is 3.89. The molecule has 0 radical (unpaired) electrons. The summed E-state index contributed by atoms with van der Waals surface area (Å²) in [7, 11) is 1.95. The van der Waals surface area contributed by atoms with Crippen LogP contribution in [0, 0.1) is 0 Å². The van der Waals surface area contributed by atoms with Gasteiger partial charge in [0, 0.05) is 6.54 Å². The zero-order valence-corrected chi connectivity index (χ0v) is 8.29. The van der Waals surface area contributed by atoms with Crippen LogP contribution in [-0.4, -0.2) is 39.0 Å². The highest BCUT2D eigenvalue weighted by atomic mass is 16.5. The van der Waals surface area contributed by atoms with Crippen molar-refractivity contribution in [3.63, 3.8) is 0 Å². The van der Waals surface area contributed by atoms with Crippen molar-refractivity contribution in [3.05, 3.63) is 12.7 Å². The van der Waals surface area contributed by atoms with Crippen LogP contribution in [0.5, 0.6) is 0 Å². The Morgan fingerprint density at radius 3 is 3.00 bits per heavy atom. The van der Waals surface area contributed by atoms with Crippen LogP contribution >= 0.6 is 0 Å². The van der Waals surface area contributed by atoms with Crippen LogP contribution in [0.1, 0.15) is 12.8 Å². The van der Waals surface area contributed by atoms with Crippen LogP contribution in [0.4, 0.5) is 0 Å². The highest BCUT2D eigenvalue weighted by molar-refractivity contribution is 4.75. The zero-order valence-electron chi connectivity index (χ0n) is 8.29. The van der Waals surface area contributed by atoms with Gasteiger partial charge in [-0.3, -0.25) is 0 Å². The number of likely N-dealkylation sites (N-methyl/N-ethyl adjacent to an activating group) is 1. The van der Waals surface area contributed by atoms with Crippen molar-refractivity contribution in [3.8, 4) is 0 Å². The molecule has 3 nitrogen and oxygen atoms in total. The fraction of sp³-hybridized carbons (Fsp3) is 0.800. The highest BCUT2D eigenvalue weighted by Gasteiger charge is 2.24. The minimum Gasteiger partial charge on any atom is -0.375 e. The molecule has 0 aliphatic carbocycles. The third-order valence-electron chi connectivity index (χ3n) is 2.17. The number of hydrogen-bond acceptors (Lipinski definition) is 3. The maximum Gasteiger partial charge on any atom is 0.0814 e. The average molecular weight is 185 g/mol. The number of rotatable bonds is 6. The van der Waals surface area contributed by atoms with Crippen molar-refractivity contribution >= 4 is 0 Å². The molecule has 2 atom stereocenters.